The monoisotopic (exact) mass is 763 g/mol. The normalized spacial score (nSPS) is 12.0. The smallest absolute Gasteiger partial charge is 0.306 e. The number of carbonyl (C=O) groups is 3. The molecule has 0 rings (SSSR count). The van der Waals surface area contributed by atoms with Crippen LogP contribution in [0.3, 0.4) is 0 Å². The van der Waals surface area contributed by atoms with Crippen molar-refractivity contribution < 1.29 is 28.6 Å². The fourth-order valence-electron chi connectivity index (χ4n) is 6.89. The molecule has 1 atom stereocenters. The number of hydrogen-bond donors (Lipinski definition) is 0. The minimum absolute atomic E-state index is 0.0688. The van der Waals surface area contributed by atoms with Crippen molar-refractivity contribution in [1.29, 1.82) is 0 Å². The largest absolute Gasteiger partial charge is 0.462 e. The summed E-state index contributed by atoms with van der Waals surface area (Å²) in [4.78, 5) is 37.7. The van der Waals surface area contributed by atoms with E-state index in [9.17, 15) is 14.4 Å². The molecular weight excluding hydrogens is 673 g/mol. The third-order valence-corrected chi connectivity index (χ3v) is 10.5. The van der Waals surface area contributed by atoms with Crippen LogP contribution in [0.2, 0.25) is 0 Å². The number of rotatable bonds is 43. The highest BCUT2D eigenvalue weighted by atomic mass is 16.6. The van der Waals surface area contributed by atoms with Gasteiger partial charge in [0.2, 0.25) is 0 Å². The molecule has 0 amide bonds. The van der Waals surface area contributed by atoms with Crippen LogP contribution in [-0.4, -0.2) is 37.2 Å². The summed E-state index contributed by atoms with van der Waals surface area (Å²) in [5.74, 6) is -0.870. The SMILES string of the molecule is CCCC/C=C\CCCCCCCC(=O)OC(COC(=O)CCCCCCCCCCCC)COC(=O)CCCCCCCCCCCCCCCCC. The van der Waals surface area contributed by atoms with Gasteiger partial charge in [0.05, 0.1) is 0 Å². The van der Waals surface area contributed by atoms with Gasteiger partial charge in [0.1, 0.15) is 13.2 Å². The lowest BCUT2D eigenvalue weighted by Crippen LogP contribution is -2.30. The first-order chi connectivity index (χ1) is 26.5. The van der Waals surface area contributed by atoms with Crippen LogP contribution in [0.5, 0.6) is 0 Å². The molecule has 6 nitrogen and oxygen atoms in total. The molecular formula is C48H90O6. The first-order valence-electron chi connectivity index (χ1n) is 23.7. The summed E-state index contributed by atoms with van der Waals surface area (Å²) in [6, 6.07) is 0. The second-order valence-electron chi connectivity index (χ2n) is 16.0. The number of ether oxygens (including phenoxy) is 3. The van der Waals surface area contributed by atoms with Crippen molar-refractivity contribution in [3.05, 3.63) is 12.2 Å². The molecule has 0 aromatic carbocycles. The van der Waals surface area contributed by atoms with Crippen molar-refractivity contribution in [3.8, 4) is 0 Å². The molecule has 0 aromatic heterocycles. The molecule has 0 aliphatic heterocycles. The zero-order valence-electron chi connectivity index (χ0n) is 36.3. The maximum Gasteiger partial charge on any atom is 0.306 e. The lowest BCUT2D eigenvalue weighted by Gasteiger charge is -2.18. The molecule has 54 heavy (non-hydrogen) atoms. The van der Waals surface area contributed by atoms with E-state index in [4.69, 9.17) is 14.2 Å². The molecule has 0 fully saturated rings. The van der Waals surface area contributed by atoms with Crippen molar-refractivity contribution in [2.75, 3.05) is 13.2 Å². The summed E-state index contributed by atoms with van der Waals surface area (Å²) in [6.07, 6.45) is 46.2. The summed E-state index contributed by atoms with van der Waals surface area (Å²) >= 11 is 0. The average Bonchev–Trinajstić information content (AvgIpc) is 3.17. The van der Waals surface area contributed by atoms with E-state index in [0.717, 1.165) is 64.2 Å². The van der Waals surface area contributed by atoms with Crippen LogP contribution < -0.4 is 0 Å². The maximum atomic E-state index is 12.7. The molecule has 0 N–H and O–H groups in total. The fraction of sp³-hybridized carbons (Fsp3) is 0.896. The molecule has 0 radical (unpaired) electrons. The highest BCUT2D eigenvalue weighted by Gasteiger charge is 2.19. The Bertz CT molecular complexity index is 839. The van der Waals surface area contributed by atoms with Gasteiger partial charge in [-0.3, -0.25) is 14.4 Å². The van der Waals surface area contributed by atoms with E-state index in [2.05, 4.69) is 32.9 Å². The standard InChI is InChI=1S/C48H90O6/c1-4-7-10-13-16-19-22-23-24-25-27-29-32-35-38-41-47(50)53-44-45(43-52-46(49)40-37-34-31-28-21-18-15-12-9-6-3)54-48(51)42-39-36-33-30-26-20-17-14-11-8-5-2/h14,17,45H,4-13,15-16,18-44H2,1-3H3/b17-14-. The Morgan fingerprint density at radius 2 is 0.630 bits per heavy atom. The third-order valence-electron chi connectivity index (χ3n) is 10.5. The van der Waals surface area contributed by atoms with Crippen LogP contribution in [0.4, 0.5) is 0 Å². The van der Waals surface area contributed by atoms with E-state index in [-0.39, 0.29) is 31.1 Å². The zero-order chi connectivity index (χ0) is 39.4. The molecule has 1 unspecified atom stereocenters. The topological polar surface area (TPSA) is 78.9 Å². The summed E-state index contributed by atoms with van der Waals surface area (Å²) in [6.45, 7) is 6.60. The van der Waals surface area contributed by atoms with Gasteiger partial charge in [-0.25, -0.2) is 0 Å². The Morgan fingerprint density at radius 1 is 0.352 bits per heavy atom. The van der Waals surface area contributed by atoms with Gasteiger partial charge in [0, 0.05) is 19.3 Å². The summed E-state index contributed by atoms with van der Waals surface area (Å²) in [7, 11) is 0. The van der Waals surface area contributed by atoms with E-state index in [1.54, 1.807) is 0 Å². The molecule has 0 aromatic rings. The van der Waals surface area contributed by atoms with Gasteiger partial charge >= 0.3 is 17.9 Å². The van der Waals surface area contributed by atoms with E-state index >= 15 is 0 Å². The van der Waals surface area contributed by atoms with Gasteiger partial charge in [-0.1, -0.05) is 213 Å². The van der Waals surface area contributed by atoms with E-state index in [1.807, 2.05) is 0 Å². The Balaban J connectivity index is 4.30. The fourth-order valence-corrected chi connectivity index (χ4v) is 6.89. The van der Waals surface area contributed by atoms with Gasteiger partial charge in [-0.15, -0.1) is 0 Å². The predicted octanol–water partition coefficient (Wildman–Crippen LogP) is 15.0. The van der Waals surface area contributed by atoms with Crippen LogP contribution in [-0.2, 0) is 28.6 Å². The van der Waals surface area contributed by atoms with Crippen LogP contribution >= 0.6 is 0 Å². The first kappa shape index (κ1) is 52.2. The van der Waals surface area contributed by atoms with Gasteiger partial charge in [-0.2, -0.15) is 0 Å². The minimum Gasteiger partial charge on any atom is -0.462 e. The van der Waals surface area contributed by atoms with Gasteiger partial charge in [0.15, 0.2) is 6.10 Å². The van der Waals surface area contributed by atoms with Gasteiger partial charge in [0.25, 0.3) is 0 Å². The number of hydrogen-bond acceptors (Lipinski definition) is 6. The van der Waals surface area contributed by atoms with Crippen LogP contribution in [0.1, 0.15) is 258 Å². The molecule has 0 bridgehead atoms. The molecule has 0 aliphatic rings. The lowest BCUT2D eigenvalue weighted by molar-refractivity contribution is -0.167. The van der Waals surface area contributed by atoms with E-state index < -0.39 is 6.10 Å². The quantitative estimate of drug-likeness (QED) is 0.0266. The summed E-state index contributed by atoms with van der Waals surface area (Å²) < 4.78 is 16.7. The van der Waals surface area contributed by atoms with Crippen molar-refractivity contribution in [1.82, 2.24) is 0 Å². The molecule has 0 spiro atoms. The van der Waals surface area contributed by atoms with Crippen molar-refractivity contribution >= 4 is 17.9 Å². The first-order valence-corrected chi connectivity index (χ1v) is 23.7. The van der Waals surface area contributed by atoms with Crippen LogP contribution in [0.15, 0.2) is 12.2 Å². The number of unbranched alkanes of at least 4 members (excludes halogenated alkanes) is 30. The van der Waals surface area contributed by atoms with Gasteiger partial charge < -0.3 is 14.2 Å². The maximum absolute atomic E-state index is 12.7. The van der Waals surface area contributed by atoms with E-state index in [0.29, 0.717) is 19.3 Å². The van der Waals surface area contributed by atoms with Crippen LogP contribution in [0, 0.1) is 0 Å². The van der Waals surface area contributed by atoms with Gasteiger partial charge in [-0.05, 0) is 38.5 Å². The highest BCUT2D eigenvalue weighted by Crippen LogP contribution is 2.15. The minimum atomic E-state index is -0.765. The summed E-state index contributed by atoms with van der Waals surface area (Å²) in [5, 5.41) is 0. The lowest BCUT2D eigenvalue weighted by atomic mass is 10.0. The number of carbonyl (C=O) groups excluding carboxylic acids is 3. The Kier molecular flexibility index (Phi) is 42.4. The Morgan fingerprint density at radius 3 is 0.981 bits per heavy atom. The Hall–Kier alpha value is -1.85. The molecule has 0 aliphatic carbocycles. The zero-order valence-corrected chi connectivity index (χ0v) is 36.3. The van der Waals surface area contributed by atoms with Crippen LogP contribution in [0.25, 0.3) is 0 Å². The average molecular weight is 763 g/mol. The van der Waals surface area contributed by atoms with E-state index in [1.165, 1.54) is 154 Å². The second kappa shape index (κ2) is 43.9. The van der Waals surface area contributed by atoms with Crippen molar-refractivity contribution in [2.24, 2.45) is 0 Å². The molecule has 0 saturated carbocycles. The third kappa shape index (κ3) is 41.3. The molecule has 318 valence electrons. The van der Waals surface area contributed by atoms with Crippen molar-refractivity contribution in [3.63, 3.8) is 0 Å². The summed E-state index contributed by atoms with van der Waals surface area (Å²) in [5.41, 5.74) is 0. The number of esters is 3. The number of allylic oxidation sites excluding steroid dienone is 2. The van der Waals surface area contributed by atoms with Crippen molar-refractivity contribution in [2.45, 2.75) is 264 Å². The molecule has 0 heterocycles. The molecule has 0 saturated heterocycles. The highest BCUT2D eigenvalue weighted by molar-refractivity contribution is 5.71. The second-order valence-corrected chi connectivity index (χ2v) is 16.0. The molecule has 6 heteroatoms. The predicted molar refractivity (Wildman–Crippen MR) is 229 cm³/mol. The Labute approximate surface area is 335 Å².